The van der Waals surface area contributed by atoms with Crippen molar-refractivity contribution in [1.82, 2.24) is 21.3 Å². The van der Waals surface area contributed by atoms with Crippen molar-refractivity contribution in [2.75, 3.05) is 79.2 Å². The highest BCUT2D eigenvalue weighted by molar-refractivity contribution is 7.48. The van der Waals surface area contributed by atoms with E-state index in [-0.39, 0.29) is 122 Å². The minimum Gasteiger partial charge on any atom is -0.462 e. The van der Waals surface area contributed by atoms with Gasteiger partial charge in [0.1, 0.15) is 18.6 Å². The Labute approximate surface area is 708 Å². The third kappa shape index (κ3) is 76.6. The van der Waals surface area contributed by atoms with Gasteiger partial charge in [0.25, 0.3) is 0 Å². The van der Waals surface area contributed by atoms with Gasteiger partial charge in [0.2, 0.25) is 23.6 Å². The van der Waals surface area contributed by atoms with Crippen molar-refractivity contribution in [3.8, 4) is 0 Å². The van der Waals surface area contributed by atoms with Crippen LogP contribution < -0.4 is 21.3 Å². The summed E-state index contributed by atoms with van der Waals surface area (Å²) in [5.74, 6) is -2.00. The molecule has 0 saturated heterocycles. The van der Waals surface area contributed by atoms with Gasteiger partial charge < -0.3 is 40.2 Å². The summed E-state index contributed by atoms with van der Waals surface area (Å²) in [6.45, 7) is 19.7. The van der Waals surface area contributed by atoms with Crippen LogP contribution in [0.4, 0.5) is 0 Å². The molecule has 0 fully saturated rings. The lowest BCUT2D eigenvalue weighted by molar-refractivity contribution is -0.151. The lowest BCUT2D eigenvalue weighted by Gasteiger charge is -2.23. The first-order valence-electron chi connectivity index (χ1n) is 47.5. The van der Waals surface area contributed by atoms with E-state index in [0.29, 0.717) is 44.9 Å². The number of nitrogens with one attached hydrogen (secondary N) is 4. The number of unbranched alkanes of at least 4 members (excludes halogenated alkanes) is 44. The first kappa shape index (κ1) is 112. The molecule has 0 saturated carbocycles. The number of esters is 2. The molecule has 4 amide bonds. The van der Waals surface area contributed by atoms with E-state index in [1.165, 1.54) is 179 Å². The molecule has 0 spiro atoms. The minimum atomic E-state index is -4.33. The third-order valence-electron chi connectivity index (χ3n) is 20.8. The van der Waals surface area contributed by atoms with E-state index in [9.17, 15) is 37.9 Å². The summed E-state index contributed by atoms with van der Waals surface area (Å²) >= 11 is 0. The highest BCUT2D eigenvalue weighted by atomic mass is 31.2. The highest BCUT2D eigenvalue weighted by Gasteiger charge is 2.31. The molecule has 0 aliphatic heterocycles. The third-order valence-corrected chi connectivity index (χ3v) is 23.7. The van der Waals surface area contributed by atoms with Crippen molar-refractivity contribution in [2.45, 2.75) is 451 Å². The van der Waals surface area contributed by atoms with Crippen molar-refractivity contribution < 1.29 is 84.0 Å². The van der Waals surface area contributed by atoms with Gasteiger partial charge in [0.05, 0.1) is 78.2 Å². The minimum absolute atomic E-state index is 0.00756. The number of carbonyl (C=O) groups is 6. The zero-order valence-electron chi connectivity index (χ0n) is 75.0. The molecule has 24 heteroatoms. The molecular formula is C92H176N4O18P2. The maximum Gasteiger partial charge on any atom is 0.475 e. The van der Waals surface area contributed by atoms with Crippen molar-refractivity contribution in [3.63, 3.8) is 0 Å². The summed E-state index contributed by atoms with van der Waals surface area (Å²) in [5.41, 5.74) is 0. The summed E-state index contributed by atoms with van der Waals surface area (Å²) in [6, 6.07) is -1.48. The van der Waals surface area contributed by atoms with E-state index in [0.717, 1.165) is 161 Å². The molecule has 0 aliphatic rings. The molecule has 0 aromatic rings. The molecule has 4 N–H and O–H groups in total. The van der Waals surface area contributed by atoms with Crippen LogP contribution in [0.25, 0.3) is 0 Å². The summed E-state index contributed by atoms with van der Waals surface area (Å²) in [5, 5.41) is 11.3. The second kappa shape index (κ2) is 85.0. The van der Waals surface area contributed by atoms with Crippen LogP contribution in [0.5, 0.6) is 0 Å². The maximum absolute atomic E-state index is 14.1. The number of hydrogen-bond acceptors (Lipinski definition) is 18. The highest BCUT2D eigenvalue weighted by Crippen LogP contribution is 2.50. The lowest BCUT2D eigenvalue weighted by atomic mass is 10.1. The predicted octanol–water partition coefficient (Wildman–Crippen LogP) is 24.3. The lowest BCUT2D eigenvalue weighted by Crippen LogP contribution is -2.41. The van der Waals surface area contributed by atoms with E-state index in [2.05, 4.69) is 76.0 Å². The Morgan fingerprint density at radius 1 is 0.293 bits per heavy atom. The fourth-order valence-corrected chi connectivity index (χ4v) is 16.2. The number of hydrogen-bond donors (Lipinski definition) is 4. The van der Waals surface area contributed by atoms with E-state index in [4.69, 9.17) is 46.1 Å². The van der Waals surface area contributed by atoms with Gasteiger partial charge in [-0.3, -0.25) is 55.9 Å². The summed E-state index contributed by atoms with van der Waals surface area (Å²) in [6.07, 6.45) is 62.7. The van der Waals surface area contributed by atoms with Gasteiger partial charge in [-0.2, -0.15) is 0 Å². The summed E-state index contributed by atoms with van der Waals surface area (Å²) < 4.78 is 87.1. The van der Waals surface area contributed by atoms with Crippen LogP contribution in [0.3, 0.4) is 0 Å². The average Bonchev–Trinajstić information content (AvgIpc) is 0.892. The number of phosphoric ester groups is 2. The number of rotatable bonds is 93. The molecular weight excluding hydrogens is 1510 g/mol. The molecule has 0 radical (unpaired) electrons. The molecule has 116 heavy (non-hydrogen) atoms. The van der Waals surface area contributed by atoms with Crippen molar-refractivity contribution in [1.29, 1.82) is 0 Å². The Kier molecular flexibility index (Phi) is 82.4. The van der Waals surface area contributed by atoms with E-state index in [1.807, 2.05) is 0 Å². The van der Waals surface area contributed by atoms with Crippen LogP contribution in [0, 0.1) is 0 Å². The van der Waals surface area contributed by atoms with Gasteiger partial charge in [-0.15, -0.1) is 13.2 Å². The molecule has 0 aromatic carbocycles. The quantitative estimate of drug-likeness (QED) is 0.0145. The van der Waals surface area contributed by atoms with E-state index in [1.54, 1.807) is 0 Å². The molecule has 6 atom stereocenters. The molecule has 0 bridgehead atoms. The molecule has 2 unspecified atom stereocenters. The van der Waals surface area contributed by atoms with Crippen molar-refractivity contribution in [3.05, 3.63) is 25.3 Å². The molecule has 0 heterocycles. The van der Waals surface area contributed by atoms with Crippen LogP contribution in [0.2, 0.25) is 0 Å². The van der Waals surface area contributed by atoms with Gasteiger partial charge in [-0.05, 0) is 57.8 Å². The maximum atomic E-state index is 14.1. The summed E-state index contributed by atoms with van der Waals surface area (Å²) in [7, 11) is -8.60. The van der Waals surface area contributed by atoms with Crippen LogP contribution in [0.15, 0.2) is 25.3 Å². The number of phosphoric acid groups is 2. The topological polar surface area (TPSA) is 277 Å². The standard InChI is InChI=1S/C92H176N4O18P2/c1-9-17-23-29-33-37-39-43-45-51-57-64-87(97)95-83(79-105-75-68-85(62-55-49-27-21-13-5)113-91(101)66-59-53-47-41-35-31-25-19-11-3)81-111-115(103,107-72-15-7)109-74-61-70-93-89(99)78-90(100)94-71-77-110-116(104,108-73-16-8)112-82-84(96-88(98)65-58-52-46-44-40-38-34-30-24-18-10-2)80-106-76-69-86(63-56-50-28-22-14-6)114-92(102)67-60-54-48-42-36-32-26-20-12-4/h15-16,83-86H,7-14,17-82H2,1-6H3,(H,93,99)(H,94,100)(H,95,97)(H,96,98)/t83-,84-,85-,86-,115?,116?/m1/s1. The molecule has 0 rings (SSSR count). The van der Waals surface area contributed by atoms with Crippen LogP contribution in [-0.4, -0.2) is 139 Å². The molecule has 0 aliphatic carbocycles. The van der Waals surface area contributed by atoms with Crippen molar-refractivity contribution in [2.24, 2.45) is 0 Å². The number of ether oxygens (including phenoxy) is 4. The van der Waals surface area contributed by atoms with Crippen LogP contribution in [-0.2, 0) is 84.0 Å². The fraction of sp³-hybridized carbons (Fsp3) is 0.891. The Morgan fingerprint density at radius 3 is 0.897 bits per heavy atom. The van der Waals surface area contributed by atoms with Gasteiger partial charge >= 0.3 is 27.6 Å². The molecule has 22 nitrogen and oxygen atoms in total. The Balaban J connectivity index is 5.85. The summed E-state index contributed by atoms with van der Waals surface area (Å²) in [4.78, 5) is 79.3. The van der Waals surface area contributed by atoms with Gasteiger partial charge in [0.15, 0.2) is 0 Å². The van der Waals surface area contributed by atoms with Gasteiger partial charge in [-0.1, -0.05) is 336 Å². The van der Waals surface area contributed by atoms with Crippen LogP contribution in [0.1, 0.15) is 427 Å². The predicted molar refractivity (Wildman–Crippen MR) is 474 cm³/mol. The first-order chi connectivity index (χ1) is 56.5. The van der Waals surface area contributed by atoms with E-state index >= 15 is 0 Å². The number of carbonyl (C=O) groups excluding carboxylic acids is 6. The second-order valence-corrected chi connectivity index (χ2v) is 35.5. The molecule has 0 aromatic heterocycles. The Morgan fingerprint density at radius 2 is 0.578 bits per heavy atom. The van der Waals surface area contributed by atoms with Crippen LogP contribution >= 0.6 is 15.6 Å². The molecule has 682 valence electrons. The van der Waals surface area contributed by atoms with Gasteiger partial charge in [-0.25, -0.2) is 9.13 Å². The monoisotopic (exact) mass is 1690 g/mol. The van der Waals surface area contributed by atoms with Crippen molar-refractivity contribution >= 4 is 51.2 Å². The van der Waals surface area contributed by atoms with Gasteiger partial charge in [0, 0.05) is 51.6 Å². The zero-order valence-corrected chi connectivity index (χ0v) is 76.8. The Bertz CT molecular complexity index is 2410. The smallest absolute Gasteiger partial charge is 0.462 e. The largest absolute Gasteiger partial charge is 0.475 e. The second-order valence-electron chi connectivity index (χ2n) is 32.2. The normalized spacial score (nSPS) is 13.6. The Hall–Kier alpha value is -3.56. The number of amides is 4. The SMILES string of the molecule is C=CCOP(=O)(OCCCNC(=O)CC(=O)NCCOP(=O)(OCC=C)OC[C@@H](COCC[C@@H](CCCCCCC)OC(=O)CCCCCCCCCCC)NC(=O)CCCCCCCCCCCCC)OC[C@@H](COCC[C@@H](CCCCCCC)OC(=O)CCCCCCCCCCC)NC(=O)CCCCCCCCCCCCC. The van der Waals surface area contributed by atoms with E-state index < -0.39 is 46.0 Å². The fourth-order valence-electron chi connectivity index (χ4n) is 13.7. The zero-order chi connectivity index (χ0) is 85.0. The first-order valence-corrected chi connectivity index (χ1v) is 50.4. The average molecular weight is 1690 g/mol.